The number of hydrogen-bond acceptors (Lipinski definition) is 2. The van der Waals surface area contributed by atoms with Crippen LogP contribution in [0.2, 0.25) is 0 Å². The Balaban J connectivity index is 0.000000606. The number of hydrogen-bond donors (Lipinski definition) is 0. The summed E-state index contributed by atoms with van der Waals surface area (Å²) in [4.78, 5) is 4.31. The molecule has 16 heavy (non-hydrogen) atoms. The van der Waals surface area contributed by atoms with Gasteiger partial charge in [-0.15, -0.1) is 0 Å². The topological polar surface area (TPSA) is 22.1 Å². The molecule has 1 aromatic heterocycles. The van der Waals surface area contributed by atoms with E-state index in [4.69, 9.17) is 4.74 Å². The van der Waals surface area contributed by atoms with E-state index in [1.165, 1.54) is 0 Å². The van der Waals surface area contributed by atoms with Crippen molar-refractivity contribution in [1.82, 2.24) is 4.98 Å². The van der Waals surface area contributed by atoms with Crippen molar-refractivity contribution in [2.24, 2.45) is 0 Å². The van der Waals surface area contributed by atoms with E-state index in [-0.39, 0.29) is 6.10 Å². The molecule has 0 amide bonds. The van der Waals surface area contributed by atoms with Crippen molar-refractivity contribution in [2.75, 3.05) is 0 Å². The third-order valence-electron chi connectivity index (χ3n) is 1.96. The molecule has 0 radical (unpaired) electrons. The highest BCUT2D eigenvalue weighted by Gasteiger charge is 2.03. The van der Waals surface area contributed by atoms with Gasteiger partial charge in [-0.2, -0.15) is 0 Å². The van der Waals surface area contributed by atoms with Gasteiger partial charge in [0.15, 0.2) is 0 Å². The zero-order chi connectivity index (χ0) is 12.0. The predicted molar refractivity (Wildman–Crippen MR) is 68.9 cm³/mol. The van der Waals surface area contributed by atoms with Crippen LogP contribution < -0.4 is 4.74 Å². The van der Waals surface area contributed by atoms with Crippen molar-refractivity contribution in [3.63, 3.8) is 0 Å². The Morgan fingerprint density at radius 2 is 1.75 bits per heavy atom. The summed E-state index contributed by atoms with van der Waals surface area (Å²) in [6, 6.07) is 9.95. The van der Waals surface area contributed by atoms with E-state index in [1.807, 2.05) is 58.0 Å². The van der Waals surface area contributed by atoms with E-state index in [0.29, 0.717) is 0 Å². The summed E-state index contributed by atoms with van der Waals surface area (Å²) in [7, 11) is 0. The summed E-state index contributed by atoms with van der Waals surface area (Å²) in [5.41, 5.74) is 0.934. The van der Waals surface area contributed by atoms with Crippen molar-refractivity contribution >= 4 is 10.9 Å². The highest BCUT2D eigenvalue weighted by molar-refractivity contribution is 5.84. The maximum Gasteiger partial charge on any atom is 0.145 e. The molecule has 0 aliphatic rings. The van der Waals surface area contributed by atoms with Gasteiger partial charge in [0.1, 0.15) is 11.3 Å². The van der Waals surface area contributed by atoms with Gasteiger partial charge in [0.05, 0.1) is 6.10 Å². The van der Waals surface area contributed by atoms with Crippen LogP contribution in [0.3, 0.4) is 0 Å². The molecule has 0 aliphatic heterocycles. The van der Waals surface area contributed by atoms with E-state index in [0.717, 1.165) is 16.7 Å². The van der Waals surface area contributed by atoms with E-state index in [2.05, 4.69) is 4.98 Å². The molecule has 0 saturated carbocycles. The number of ether oxygens (including phenoxy) is 1. The lowest BCUT2D eigenvalue weighted by Crippen LogP contribution is -2.06. The molecule has 1 heterocycles. The van der Waals surface area contributed by atoms with Crippen molar-refractivity contribution in [2.45, 2.75) is 33.8 Å². The van der Waals surface area contributed by atoms with Crippen LogP contribution in [0.25, 0.3) is 10.9 Å². The molecule has 0 N–H and O–H groups in total. The molecule has 0 atom stereocenters. The van der Waals surface area contributed by atoms with Gasteiger partial charge in [-0.1, -0.05) is 32.0 Å². The number of pyridine rings is 1. The number of rotatable bonds is 2. The normalized spacial score (nSPS) is 9.81. The van der Waals surface area contributed by atoms with Crippen LogP contribution in [-0.2, 0) is 0 Å². The molecule has 2 rings (SSSR count). The Hall–Kier alpha value is -1.57. The molecule has 0 spiro atoms. The number of benzene rings is 1. The smallest absolute Gasteiger partial charge is 0.145 e. The molecule has 2 aromatic rings. The third-order valence-corrected chi connectivity index (χ3v) is 1.96. The fraction of sp³-hybridized carbons (Fsp3) is 0.357. The number of para-hydroxylation sites is 1. The first-order valence-corrected chi connectivity index (χ1v) is 5.78. The van der Waals surface area contributed by atoms with Gasteiger partial charge in [0, 0.05) is 11.6 Å². The Labute approximate surface area is 97.3 Å². The van der Waals surface area contributed by atoms with Crippen LogP contribution in [-0.4, -0.2) is 11.1 Å². The van der Waals surface area contributed by atoms with Gasteiger partial charge >= 0.3 is 0 Å². The third kappa shape index (κ3) is 2.96. The number of nitrogens with zero attached hydrogens (tertiary/aromatic N) is 1. The lowest BCUT2D eigenvalue weighted by molar-refractivity contribution is 0.245. The van der Waals surface area contributed by atoms with Gasteiger partial charge < -0.3 is 4.74 Å². The van der Waals surface area contributed by atoms with E-state index < -0.39 is 0 Å². The van der Waals surface area contributed by atoms with Crippen LogP contribution in [0, 0.1) is 0 Å². The lowest BCUT2D eigenvalue weighted by Gasteiger charge is -2.10. The Morgan fingerprint density at radius 1 is 1.06 bits per heavy atom. The predicted octanol–water partition coefficient (Wildman–Crippen LogP) is 4.05. The molecule has 1 aromatic carbocycles. The zero-order valence-corrected chi connectivity index (χ0v) is 10.4. The maximum absolute atomic E-state index is 5.66. The standard InChI is InChI=1S/C12H13NO.C2H6/c1-9(2)14-11-7-3-5-10-6-4-8-13-12(10)11;1-2/h3-9H,1-2H3;1-2H3. The van der Waals surface area contributed by atoms with Gasteiger partial charge in [-0.05, 0) is 26.0 Å². The van der Waals surface area contributed by atoms with Crippen molar-refractivity contribution < 1.29 is 4.74 Å². The second-order valence-electron chi connectivity index (χ2n) is 3.50. The average Bonchev–Trinajstić information content (AvgIpc) is 2.31. The first-order chi connectivity index (χ1) is 7.77. The Kier molecular flexibility index (Phi) is 4.77. The fourth-order valence-corrected chi connectivity index (χ4v) is 1.43. The summed E-state index contributed by atoms with van der Waals surface area (Å²) in [6.45, 7) is 8.03. The molecular weight excluding hydrogens is 198 g/mol. The molecule has 86 valence electrons. The molecular formula is C14H19NO. The summed E-state index contributed by atoms with van der Waals surface area (Å²) in [5.74, 6) is 0.859. The first-order valence-electron chi connectivity index (χ1n) is 5.78. The highest BCUT2D eigenvalue weighted by atomic mass is 16.5. The Morgan fingerprint density at radius 3 is 2.44 bits per heavy atom. The van der Waals surface area contributed by atoms with Crippen molar-refractivity contribution in [3.05, 3.63) is 36.5 Å². The summed E-state index contributed by atoms with van der Waals surface area (Å²) >= 11 is 0. The molecule has 2 heteroatoms. The van der Waals surface area contributed by atoms with Gasteiger partial charge in [-0.25, -0.2) is 0 Å². The largest absolute Gasteiger partial charge is 0.489 e. The van der Waals surface area contributed by atoms with Crippen molar-refractivity contribution in [3.8, 4) is 5.75 Å². The Bertz CT molecular complexity index is 432. The van der Waals surface area contributed by atoms with Crippen LogP contribution in [0.1, 0.15) is 27.7 Å². The minimum absolute atomic E-state index is 0.183. The van der Waals surface area contributed by atoms with E-state index >= 15 is 0 Å². The molecule has 0 aliphatic carbocycles. The molecule has 0 fully saturated rings. The highest BCUT2D eigenvalue weighted by Crippen LogP contribution is 2.23. The van der Waals surface area contributed by atoms with Crippen LogP contribution in [0.4, 0.5) is 0 Å². The fourth-order valence-electron chi connectivity index (χ4n) is 1.43. The minimum Gasteiger partial charge on any atom is -0.489 e. The summed E-state index contributed by atoms with van der Waals surface area (Å²) in [6.07, 6.45) is 1.97. The quantitative estimate of drug-likeness (QED) is 0.757. The first kappa shape index (κ1) is 12.5. The van der Waals surface area contributed by atoms with Gasteiger partial charge in [0.2, 0.25) is 0 Å². The number of fused-ring (bicyclic) bond motifs is 1. The van der Waals surface area contributed by atoms with E-state index in [9.17, 15) is 0 Å². The molecule has 2 nitrogen and oxygen atoms in total. The zero-order valence-electron chi connectivity index (χ0n) is 10.4. The molecule has 0 saturated heterocycles. The lowest BCUT2D eigenvalue weighted by atomic mass is 10.2. The molecule has 0 bridgehead atoms. The SMILES string of the molecule is CC.CC(C)Oc1cccc2cccnc12. The van der Waals surface area contributed by atoms with Crippen LogP contribution in [0.5, 0.6) is 5.75 Å². The van der Waals surface area contributed by atoms with Crippen LogP contribution in [0.15, 0.2) is 36.5 Å². The van der Waals surface area contributed by atoms with Gasteiger partial charge in [-0.3, -0.25) is 4.98 Å². The molecule has 0 unspecified atom stereocenters. The maximum atomic E-state index is 5.66. The second-order valence-corrected chi connectivity index (χ2v) is 3.50. The van der Waals surface area contributed by atoms with Crippen LogP contribution >= 0.6 is 0 Å². The minimum atomic E-state index is 0.183. The van der Waals surface area contributed by atoms with Crippen molar-refractivity contribution in [1.29, 1.82) is 0 Å². The monoisotopic (exact) mass is 217 g/mol. The second kappa shape index (κ2) is 6.11. The summed E-state index contributed by atoms with van der Waals surface area (Å²) in [5, 5.41) is 1.12. The number of aromatic nitrogens is 1. The average molecular weight is 217 g/mol. The van der Waals surface area contributed by atoms with Gasteiger partial charge in [0.25, 0.3) is 0 Å². The summed E-state index contributed by atoms with van der Waals surface area (Å²) < 4.78 is 5.66. The van der Waals surface area contributed by atoms with E-state index in [1.54, 1.807) is 6.20 Å².